The van der Waals surface area contributed by atoms with Gasteiger partial charge in [-0.1, -0.05) is 60.7 Å². The lowest BCUT2D eigenvalue weighted by molar-refractivity contribution is -0.138. The largest absolute Gasteiger partial charge is 0.452 e. The second-order valence-electron chi connectivity index (χ2n) is 13.1. The highest BCUT2D eigenvalue weighted by Gasteiger charge is 2.31. The molecular formula is C44H22F6O4. The van der Waals surface area contributed by atoms with Crippen molar-refractivity contribution in [2.75, 3.05) is 0 Å². The van der Waals surface area contributed by atoms with Crippen molar-refractivity contribution in [3.05, 3.63) is 144 Å². The molecular weight excluding hydrogens is 706 g/mol. The van der Waals surface area contributed by atoms with E-state index in [1.165, 1.54) is 24.3 Å². The molecule has 0 aliphatic carbocycles. The maximum Gasteiger partial charge on any atom is 0.416 e. The van der Waals surface area contributed by atoms with Crippen LogP contribution in [0.5, 0.6) is 0 Å². The molecule has 0 atom stereocenters. The van der Waals surface area contributed by atoms with Gasteiger partial charge in [0.1, 0.15) is 22.3 Å². The second-order valence-corrected chi connectivity index (χ2v) is 13.1. The number of hydrogen-bond acceptors (Lipinski definition) is 4. The van der Waals surface area contributed by atoms with Crippen molar-refractivity contribution in [3.63, 3.8) is 0 Å². The van der Waals surface area contributed by atoms with Gasteiger partial charge in [0.15, 0.2) is 22.3 Å². The lowest BCUT2D eigenvalue weighted by Gasteiger charge is -2.07. The minimum Gasteiger partial charge on any atom is -0.452 e. The van der Waals surface area contributed by atoms with Crippen LogP contribution in [0.15, 0.2) is 139 Å². The van der Waals surface area contributed by atoms with Gasteiger partial charge < -0.3 is 17.7 Å². The Morgan fingerprint density at radius 3 is 0.963 bits per heavy atom. The Labute approximate surface area is 300 Å². The molecule has 0 spiro atoms. The third-order valence-electron chi connectivity index (χ3n) is 9.76. The quantitative estimate of drug-likeness (QED) is 0.134. The predicted molar refractivity (Wildman–Crippen MR) is 197 cm³/mol. The highest BCUT2D eigenvalue weighted by atomic mass is 19.4. The zero-order valence-corrected chi connectivity index (χ0v) is 27.6. The first-order valence-corrected chi connectivity index (χ1v) is 16.8. The normalized spacial score (nSPS) is 12.9. The average Bonchev–Trinajstić information content (AvgIpc) is 3.91. The maximum atomic E-state index is 13.1. The number of alkyl halides is 6. The maximum absolute atomic E-state index is 13.1. The van der Waals surface area contributed by atoms with E-state index in [1.807, 2.05) is 60.7 Å². The second kappa shape index (κ2) is 11.4. The summed E-state index contributed by atoms with van der Waals surface area (Å²) in [7, 11) is 0. The Balaban J connectivity index is 0.956. The van der Waals surface area contributed by atoms with Crippen LogP contribution < -0.4 is 0 Å². The summed E-state index contributed by atoms with van der Waals surface area (Å²) in [5.41, 5.74) is 7.88. The molecule has 0 saturated heterocycles. The molecule has 10 heteroatoms. The van der Waals surface area contributed by atoms with Crippen LogP contribution in [0.1, 0.15) is 22.3 Å². The van der Waals surface area contributed by atoms with Crippen LogP contribution in [0.3, 0.4) is 0 Å². The van der Waals surface area contributed by atoms with Gasteiger partial charge in [-0.15, -0.1) is 0 Å². The van der Waals surface area contributed by atoms with Crippen LogP contribution in [-0.2, 0) is 12.4 Å². The highest BCUT2D eigenvalue weighted by Crippen LogP contribution is 2.41. The van der Waals surface area contributed by atoms with Gasteiger partial charge in [-0.3, -0.25) is 0 Å². The number of rotatable bonds is 4. The predicted octanol–water partition coefficient (Wildman–Crippen LogP) is 14.5. The fraction of sp³-hybridized carbons (Fsp3) is 0.0455. The van der Waals surface area contributed by atoms with Crippen molar-refractivity contribution >= 4 is 78.4 Å². The molecule has 6 aromatic carbocycles. The van der Waals surface area contributed by atoms with Crippen molar-refractivity contribution in [1.82, 2.24) is 0 Å². The van der Waals surface area contributed by atoms with E-state index < -0.39 is 23.5 Å². The van der Waals surface area contributed by atoms with Gasteiger partial charge >= 0.3 is 12.4 Å². The molecule has 0 amide bonds. The standard InChI is InChI=1S/C44H22F6O4/c45-43(46,47)29-11-5-25(6-12-29)27-9-17-37-33(21-27)41-39(53-37)31-19-23(3-15-35(31)51-41)1-2-24-4-16-36-32(20-24)40-42(52-36)34-22-28(10-18-38(34)54-40)26-7-13-30(14-8-26)44(48,49)50/h1-22H/b2-1+. The average molecular weight is 729 g/mol. The summed E-state index contributed by atoms with van der Waals surface area (Å²) < 4.78 is 103. The van der Waals surface area contributed by atoms with Crippen molar-refractivity contribution in [3.8, 4) is 22.3 Å². The lowest BCUT2D eigenvalue weighted by Crippen LogP contribution is -2.03. The van der Waals surface area contributed by atoms with E-state index in [0.717, 1.165) is 68.1 Å². The first-order chi connectivity index (χ1) is 26.0. The Kier molecular flexibility index (Phi) is 6.76. The minimum atomic E-state index is -4.41. The number of benzene rings is 6. The number of fused-ring (bicyclic) bond motifs is 10. The molecule has 4 heterocycles. The SMILES string of the molecule is FC(F)(F)c1ccc(-c2ccc3oc4c5cc(/C=C/c6ccc7oc8c9cc(-c%10ccc(C(F)(F)F)cc%10)ccc9oc8c7c6)ccc5oc4c3c2)cc1. The lowest BCUT2D eigenvalue weighted by atomic mass is 10.0. The zero-order valence-electron chi connectivity index (χ0n) is 27.6. The van der Waals surface area contributed by atoms with Crippen molar-refractivity contribution in [1.29, 1.82) is 0 Å². The van der Waals surface area contributed by atoms with Crippen molar-refractivity contribution in [2.24, 2.45) is 0 Å². The highest BCUT2D eigenvalue weighted by molar-refractivity contribution is 6.15. The van der Waals surface area contributed by atoms with Gasteiger partial charge in [0.25, 0.3) is 0 Å². The molecule has 0 saturated carbocycles. The van der Waals surface area contributed by atoms with Crippen LogP contribution >= 0.6 is 0 Å². The summed E-state index contributed by atoms with van der Waals surface area (Å²) in [5, 5.41) is 3.00. The summed E-state index contributed by atoms with van der Waals surface area (Å²) in [6.07, 6.45) is -4.88. The zero-order chi connectivity index (χ0) is 36.9. The first kappa shape index (κ1) is 32.0. The van der Waals surface area contributed by atoms with Crippen LogP contribution in [0.4, 0.5) is 26.3 Å². The van der Waals surface area contributed by atoms with Gasteiger partial charge in [-0.05, 0) is 106 Å². The topological polar surface area (TPSA) is 52.6 Å². The van der Waals surface area contributed by atoms with E-state index in [4.69, 9.17) is 17.7 Å². The molecule has 4 aromatic heterocycles. The third kappa shape index (κ3) is 5.24. The summed E-state index contributed by atoms with van der Waals surface area (Å²) in [6, 6.07) is 32.5. The molecule has 0 N–H and O–H groups in total. The first-order valence-electron chi connectivity index (χ1n) is 16.8. The van der Waals surface area contributed by atoms with Crippen molar-refractivity contribution < 1.29 is 44.0 Å². The van der Waals surface area contributed by atoms with Gasteiger partial charge in [0.05, 0.1) is 32.7 Å². The van der Waals surface area contributed by atoms with Gasteiger partial charge in [0.2, 0.25) is 0 Å². The Bertz CT molecular complexity index is 2900. The molecule has 0 unspecified atom stereocenters. The molecule has 0 aliphatic heterocycles. The molecule has 264 valence electrons. The van der Waals surface area contributed by atoms with Gasteiger partial charge in [0, 0.05) is 0 Å². The Hall–Kier alpha value is -6.68. The number of hydrogen-bond donors (Lipinski definition) is 0. The number of furan rings is 4. The van der Waals surface area contributed by atoms with E-state index in [-0.39, 0.29) is 0 Å². The van der Waals surface area contributed by atoms with Crippen LogP contribution in [0.2, 0.25) is 0 Å². The van der Waals surface area contributed by atoms with Gasteiger partial charge in [-0.2, -0.15) is 26.3 Å². The summed E-state index contributed by atoms with van der Waals surface area (Å²) in [6.45, 7) is 0. The Morgan fingerprint density at radius 2 is 0.630 bits per heavy atom. The molecule has 4 nitrogen and oxygen atoms in total. The molecule has 0 radical (unpaired) electrons. The fourth-order valence-corrected chi connectivity index (χ4v) is 7.02. The molecule has 10 rings (SSSR count). The summed E-state index contributed by atoms with van der Waals surface area (Å²) in [4.78, 5) is 0. The Morgan fingerprint density at radius 1 is 0.333 bits per heavy atom. The van der Waals surface area contributed by atoms with E-state index in [1.54, 1.807) is 24.3 Å². The molecule has 54 heavy (non-hydrogen) atoms. The number of halogens is 6. The molecule has 0 bridgehead atoms. The summed E-state index contributed by atoms with van der Waals surface area (Å²) >= 11 is 0. The van der Waals surface area contributed by atoms with E-state index in [9.17, 15) is 26.3 Å². The third-order valence-corrected chi connectivity index (χ3v) is 9.76. The minimum absolute atomic E-state index is 0.557. The van der Waals surface area contributed by atoms with Crippen LogP contribution in [0, 0.1) is 0 Å². The smallest absolute Gasteiger partial charge is 0.416 e. The summed E-state index contributed by atoms with van der Waals surface area (Å²) in [5.74, 6) is 0. The van der Waals surface area contributed by atoms with E-state index in [0.29, 0.717) is 55.8 Å². The van der Waals surface area contributed by atoms with Crippen LogP contribution in [-0.4, -0.2) is 0 Å². The molecule has 0 aliphatic rings. The van der Waals surface area contributed by atoms with E-state index >= 15 is 0 Å². The van der Waals surface area contributed by atoms with Gasteiger partial charge in [-0.25, -0.2) is 0 Å². The molecule has 10 aromatic rings. The molecule has 0 fully saturated rings. The fourth-order valence-electron chi connectivity index (χ4n) is 7.02. The van der Waals surface area contributed by atoms with Crippen molar-refractivity contribution in [2.45, 2.75) is 12.4 Å². The van der Waals surface area contributed by atoms with E-state index in [2.05, 4.69) is 0 Å². The monoisotopic (exact) mass is 728 g/mol. The van der Waals surface area contributed by atoms with Crippen LogP contribution in [0.25, 0.3) is 101 Å².